The fraction of sp³-hybridized carbons (Fsp3) is 0.286. The summed E-state index contributed by atoms with van der Waals surface area (Å²) >= 11 is 1.39. The summed E-state index contributed by atoms with van der Waals surface area (Å²) < 4.78 is 5.69. The minimum atomic E-state index is 0.417. The van der Waals surface area contributed by atoms with Crippen molar-refractivity contribution in [3.05, 3.63) is 45.4 Å². The number of rotatable bonds is 4. The molecule has 0 radical (unpaired) electrons. The second kappa shape index (κ2) is 5.65. The Morgan fingerprint density at radius 1 is 1.44 bits per heavy atom. The Morgan fingerprint density at radius 3 is 2.94 bits per heavy atom. The van der Waals surface area contributed by atoms with Crippen molar-refractivity contribution in [2.75, 3.05) is 0 Å². The van der Waals surface area contributed by atoms with Crippen LogP contribution in [0.2, 0.25) is 0 Å². The molecule has 0 atom stereocenters. The summed E-state index contributed by atoms with van der Waals surface area (Å²) in [5.74, 6) is 0.848. The van der Waals surface area contributed by atoms with Gasteiger partial charge < -0.3 is 4.74 Å². The van der Waals surface area contributed by atoms with Gasteiger partial charge in [-0.25, -0.2) is 4.98 Å². The highest BCUT2D eigenvalue weighted by Gasteiger charge is 2.07. The molecule has 1 aromatic carbocycles. The van der Waals surface area contributed by atoms with Crippen LogP contribution in [0.5, 0.6) is 5.75 Å². The Kier molecular flexibility index (Phi) is 3.96. The van der Waals surface area contributed by atoms with Gasteiger partial charge in [0.1, 0.15) is 28.3 Å². The molecule has 0 saturated carbocycles. The van der Waals surface area contributed by atoms with E-state index < -0.39 is 0 Å². The number of benzene rings is 1. The van der Waals surface area contributed by atoms with Crippen molar-refractivity contribution in [1.82, 2.24) is 4.98 Å². The van der Waals surface area contributed by atoms with Crippen LogP contribution >= 0.6 is 11.3 Å². The minimum Gasteiger partial charge on any atom is -0.486 e. The lowest BCUT2D eigenvalue weighted by molar-refractivity contribution is 0.305. The predicted octanol–water partition coefficient (Wildman–Crippen LogP) is 3.46. The zero-order valence-corrected chi connectivity index (χ0v) is 11.3. The number of ether oxygens (including phenoxy) is 1. The molecule has 2 rings (SSSR count). The number of nitriles is 1. The van der Waals surface area contributed by atoms with Crippen molar-refractivity contribution >= 4 is 11.3 Å². The first-order valence-electron chi connectivity index (χ1n) is 5.81. The Hall–Kier alpha value is -1.86. The van der Waals surface area contributed by atoms with Crippen LogP contribution in [0.1, 0.15) is 28.1 Å². The Bertz CT molecular complexity index is 584. The van der Waals surface area contributed by atoms with Gasteiger partial charge in [0.15, 0.2) is 0 Å². The molecule has 0 bridgehead atoms. The monoisotopic (exact) mass is 258 g/mol. The third-order valence-corrected chi connectivity index (χ3v) is 3.65. The van der Waals surface area contributed by atoms with E-state index in [2.05, 4.69) is 24.0 Å². The average molecular weight is 258 g/mol. The molecule has 1 aromatic heterocycles. The maximum atomic E-state index is 8.86. The number of hydrogen-bond donors (Lipinski definition) is 0. The molecule has 0 fully saturated rings. The van der Waals surface area contributed by atoms with Crippen LogP contribution in [0.3, 0.4) is 0 Å². The fourth-order valence-electron chi connectivity index (χ4n) is 1.62. The van der Waals surface area contributed by atoms with Gasteiger partial charge in [-0.2, -0.15) is 5.26 Å². The predicted molar refractivity (Wildman–Crippen MR) is 71.7 cm³/mol. The zero-order valence-electron chi connectivity index (χ0n) is 10.4. The van der Waals surface area contributed by atoms with Crippen LogP contribution in [-0.2, 0) is 13.0 Å². The maximum Gasteiger partial charge on any atom is 0.140 e. The van der Waals surface area contributed by atoms with Crippen molar-refractivity contribution < 1.29 is 4.74 Å². The molecular weight excluding hydrogens is 244 g/mol. The lowest BCUT2D eigenvalue weighted by atomic mass is 10.2. The van der Waals surface area contributed by atoms with E-state index in [1.807, 2.05) is 25.1 Å². The van der Waals surface area contributed by atoms with Gasteiger partial charge in [-0.15, -0.1) is 11.3 Å². The molecule has 92 valence electrons. The molecule has 2 aromatic rings. The molecule has 0 amide bonds. The maximum absolute atomic E-state index is 8.86. The summed E-state index contributed by atoms with van der Waals surface area (Å²) in [5, 5.41) is 9.70. The van der Waals surface area contributed by atoms with E-state index in [0.717, 1.165) is 22.9 Å². The van der Waals surface area contributed by atoms with E-state index in [0.29, 0.717) is 11.5 Å². The molecule has 0 unspecified atom stereocenters. The highest BCUT2D eigenvalue weighted by molar-refractivity contribution is 7.12. The number of aryl methyl sites for hydroxylation is 2. The van der Waals surface area contributed by atoms with Gasteiger partial charge >= 0.3 is 0 Å². The van der Waals surface area contributed by atoms with Crippen molar-refractivity contribution in [2.45, 2.75) is 26.9 Å². The summed E-state index contributed by atoms with van der Waals surface area (Å²) in [6.07, 6.45) is 0.992. The first kappa shape index (κ1) is 12.6. The first-order chi connectivity index (χ1) is 8.72. The van der Waals surface area contributed by atoms with E-state index in [-0.39, 0.29) is 0 Å². The summed E-state index contributed by atoms with van der Waals surface area (Å²) in [6, 6.07) is 10.2. The van der Waals surface area contributed by atoms with Gasteiger partial charge in [0, 0.05) is 0 Å². The third kappa shape index (κ3) is 2.88. The van der Waals surface area contributed by atoms with Crippen molar-refractivity contribution in [2.24, 2.45) is 0 Å². The van der Waals surface area contributed by atoms with E-state index in [1.54, 1.807) is 0 Å². The largest absolute Gasteiger partial charge is 0.486 e. The second-order valence-corrected chi connectivity index (χ2v) is 5.01. The highest BCUT2D eigenvalue weighted by atomic mass is 32.1. The first-order valence-corrected chi connectivity index (χ1v) is 6.62. The van der Waals surface area contributed by atoms with Gasteiger partial charge in [-0.3, -0.25) is 0 Å². The molecule has 0 spiro atoms. The molecule has 1 heterocycles. The molecule has 0 aliphatic carbocycles. The minimum absolute atomic E-state index is 0.417. The summed E-state index contributed by atoms with van der Waals surface area (Å²) in [6.45, 7) is 4.37. The number of aromatic nitrogens is 1. The van der Waals surface area contributed by atoms with Crippen molar-refractivity contribution in [1.29, 1.82) is 5.26 Å². The van der Waals surface area contributed by atoms with E-state index in [9.17, 15) is 0 Å². The molecule has 4 heteroatoms. The quantitative estimate of drug-likeness (QED) is 0.843. The SMILES string of the molecule is CCc1cccc(OCc2nc(C)c(C#N)s2)c1. The molecule has 18 heavy (non-hydrogen) atoms. The Labute approximate surface area is 111 Å². The molecule has 0 aliphatic rings. The standard InChI is InChI=1S/C14H14N2OS/c1-3-11-5-4-6-12(7-11)17-9-14-16-10(2)13(8-15)18-14/h4-7H,3,9H2,1-2H3. The van der Waals surface area contributed by atoms with E-state index >= 15 is 0 Å². The van der Waals surface area contributed by atoms with Crippen LogP contribution in [-0.4, -0.2) is 4.98 Å². The molecule has 0 saturated heterocycles. The number of thiazole rings is 1. The van der Waals surface area contributed by atoms with Gasteiger partial charge in [-0.1, -0.05) is 19.1 Å². The van der Waals surface area contributed by atoms with Crippen LogP contribution in [0.4, 0.5) is 0 Å². The second-order valence-electron chi connectivity index (χ2n) is 3.92. The molecule has 0 N–H and O–H groups in total. The van der Waals surface area contributed by atoms with Crippen LogP contribution in [0.15, 0.2) is 24.3 Å². The normalized spacial score (nSPS) is 10.1. The van der Waals surface area contributed by atoms with Gasteiger partial charge in [-0.05, 0) is 31.0 Å². The lowest BCUT2D eigenvalue weighted by Gasteiger charge is -2.05. The van der Waals surface area contributed by atoms with Crippen LogP contribution in [0.25, 0.3) is 0 Å². The molecular formula is C14H14N2OS. The summed E-state index contributed by atoms with van der Waals surface area (Å²) in [4.78, 5) is 4.97. The van der Waals surface area contributed by atoms with Gasteiger partial charge in [0.2, 0.25) is 0 Å². The Balaban J connectivity index is 2.04. The van der Waals surface area contributed by atoms with Crippen molar-refractivity contribution in [3.8, 4) is 11.8 Å². The van der Waals surface area contributed by atoms with Crippen LogP contribution < -0.4 is 4.74 Å². The average Bonchev–Trinajstić information content (AvgIpc) is 2.77. The summed E-state index contributed by atoms with van der Waals surface area (Å²) in [5.41, 5.74) is 2.03. The van der Waals surface area contributed by atoms with E-state index in [1.165, 1.54) is 16.9 Å². The van der Waals surface area contributed by atoms with Crippen LogP contribution in [0, 0.1) is 18.3 Å². The third-order valence-electron chi connectivity index (χ3n) is 2.61. The van der Waals surface area contributed by atoms with Gasteiger partial charge in [0.05, 0.1) is 5.69 Å². The lowest BCUT2D eigenvalue weighted by Crippen LogP contribution is -1.95. The smallest absolute Gasteiger partial charge is 0.140 e. The molecule has 0 aliphatic heterocycles. The summed E-state index contributed by atoms with van der Waals surface area (Å²) in [7, 11) is 0. The fourth-order valence-corrected chi connectivity index (χ4v) is 2.39. The Morgan fingerprint density at radius 2 is 2.28 bits per heavy atom. The number of hydrogen-bond acceptors (Lipinski definition) is 4. The highest BCUT2D eigenvalue weighted by Crippen LogP contribution is 2.20. The van der Waals surface area contributed by atoms with Crippen molar-refractivity contribution in [3.63, 3.8) is 0 Å². The van der Waals surface area contributed by atoms with Gasteiger partial charge in [0.25, 0.3) is 0 Å². The topological polar surface area (TPSA) is 45.9 Å². The molecule has 3 nitrogen and oxygen atoms in total. The zero-order chi connectivity index (χ0) is 13.0. The van der Waals surface area contributed by atoms with E-state index in [4.69, 9.17) is 10.00 Å². The number of nitrogens with zero attached hydrogens (tertiary/aromatic N) is 2.